The van der Waals surface area contributed by atoms with Crippen molar-refractivity contribution >= 4 is 16.6 Å². The van der Waals surface area contributed by atoms with Crippen LogP contribution in [0.25, 0.3) is 10.9 Å². The minimum Gasteiger partial charge on any atom is -0.502 e. The summed E-state index contributed by atoms with van der Waals surface area (Å²) in [5.74, 6) is -0.180. The Balaban J connectivity index is 2.75. The fraction of sp³-hybridized carbons (Fsp3) is 0.111. The molecule has 0 unspecified atom stereocenters. The molecule has 0 amide bonds. The number of ether oxygens (including phenoxy) is 1. The van der Waals surface area contributed by atoms with E-state index in [1.54, 1.807) is 0 Å². The second-order valence-electron chi connectivity index (χ2n) is 2.99. The zero-order chi connectivity index (χ0) is 11.7. The summed E-state index contributed by atoms with van der Waals surface area (Å²) in [7, 11) is 1.41. The third-order valence-corrected chi connectivity index (χ3v) is 2.09. The number of nitro groups is 1. The van der Waals surface area contributed by atoms with Crippen LogP contribution in [0.5, 0.6) is 11.6 Å². The molecule has 2 heterocycles. The van der Waals surface area contributed by atoms with Crippen molar-refractivity contribution < 1.29 is 14.8 Å². The Morgan fingerprint density at radius 1 is 1.44 bits per heavy atom. The first-order valence-corrected chi connectivity index (χ1v) is 4.29. The average molecular weight is 221 g/mol. The Labute approximate surface area is 89.5 Å². The molecule has 0 aromatic carbocycles. The molecule has 2 rings (SSSR count). The number of aromatic hydroxyl groups is 1. The van der Waals surface area contributed by atoms with E-state index in [0.29, 0.717) is 5.52 Å². The van der Waals surface area contributed by atoms with E-state index in [1.807, 2.05) is 0 Å². The predicted molar refractivity (Wildman–Crippen MR) is 54.4 cm³/mol. The smallest absolute Gasteiger partial charge is 0.329 e. The van der Waals surface area contributed by atoms with Crippen molar-refractivity contribution in [3.05, 3.63) is 28.6 Å². The molecular formula is C9H7N3O4. The molecule has 0 aliphatic heterocycles. The molecular weight excluding hydrogens is 214 g/mol. The molecule has 0 saturated heterocycles. The largest absolute Gasteiger partial charge is 0.502 e. The average Bonchev–Trinajstić information content (AvgIpc) is 2.28. The van der Waals surface area contributed by atoms with E-state index in [9.17, 15) is 15.2 Å². The highest BCUT2D eigenvalue weighted by Crippen LogP contribution is 2.33. The summed E-state index contributed by atoms with van der Waals surface area (Å²) in [4.78, 5) is 17.6. The quantitative estimate of drug-likeness (QED) is 0.605. The summed E-state index contributed by atoms with van der Waals surface area (Å²) < 4.78 is 4.86. The van der Waals surface area contributed by atoms with Crippen molar-refractivity contribution in [3.8, 4) is 11.6 Å². The van der Waals surface area contributed by atoms with Crippen LogP contribution in [0.2, 0.25) is 0 Å². The van der Waals surface area contributed by atoms with Gasteiger partial charge < -0.3 is 9.84 Å². The van der Waals surface area contributed by atoms with Crippen LogP contribution in [-0.4, -0.2) is 27.1 Å². The third-order valence-electron chi connectivity index (χ3n) is 2.09. The van der Waals surface area contributed by atoms with E-state index >= 15 is 0 Å². The monoisotopic (exact) mass is 221 g/mol. The van der Waals surface area contributed by atoms with Crippen LogP contribution in [0, 0.1) is 10.1 Å². The maximum Gasteiger partial charge on any atom is 0.329 e. The van der Waals surface area contributed by atoms with Crippen molar-refractivity contribution in [2.24, 2.45) is 0 Å². The molecule has 82 valence electrons. The maximum atomic E-state index is 10.6. The molecule has 2 aromatic rings. The van der Waals surface area contributed by atoms with Gasteiger partial charge in [-0.2, -0.15) is 0 Å². The van der Waals surface area contributed by atoms with Gasteiger partial charge in [-0.05, 0) is 0 Å². The number of hydrogen-bond acceptors (Lipinski definition) is 6. The van der Waals surface area contributed by atoms with Gasteiger partial charge in [0.2, 0.25) is 11.6 Å². The Morgan fingerprint density at radius 2 is 2.19 bits per heavy atom. The molecule has 16 heavy (non-hydrogen) atoms. The molecule has 0 radical (unpaired) electrons. The summed E-state index contributed by atoms with van der Waals surface area (Å²) >= 11 is 0. The number of pyridine rings is 2. The van der Waals surface area contributed by atoms with Gasteiger partial charge >= 0.3 is 5.69 Å². The fourth-order valence-corrected chi connectivity index (χ4v) is 1.30. The molecule has 0 aliphatic rings. The normalized spacial score (nSPS) is 10.3. The van der Waals surface area contributed by atoms with Crippen LogP contribution in [0.3, 0.4) is 0 Å². The van der Waals surface area contributed by atoms with E-state index in [4.69, 9.17) is 4.74 Å². The van der Waals surface area contributed by atoms with Crippen molar-refractivity contribution in [1.82, 2.24) is 9.97 Å². The third kappa shape index (κ3) is 1.48. The first-order valence-electron chi connectivity index (χ1n) is 4.29. The lowest BCUT2D eigenvalue weighted by molar-refractivity contribution is -0.386. The molecule has 1 N–H and O–H groups in total. The van der Waals surface area contributed by atoms with E-state index in [0.717, 1.165) is 6.20 Å². The van der Waals surface area contributed by atoms with E-state index in [-0.39, 0.29) is 11.3 Å². The molecule has 0 fully saturated rings. The zero-order valence-electron chi connectivity index (χ0n) is 8.25. The minimum atomic E-state index is -0.700. The van der Waals surface area contributed by atoms with Crippen molar-refractivity contribution in [2.75, 3.05) is 7.11 Å². The number of aromatic nitrogens is 2. The molecule has 0 aliphatic carbocycles. The molecule has 0 spiro atoms. The van der Waals surface area contributed by atoms with Crippen LogP contribution in [-0.2, 0) is 0 Å². The number of hydrogen-bond donors (Lipinski definition) is 1. The van der Waals surface area contributed by atoms with Gasteiger partial charge in [0.1, 0.15) is 6.20 Å². The van der Waals surface area contributed by atoms with Crippen LogP contribution in [0.15, 0.2) is 18.5 Å². The SMILES string of the molecule is COc1cc2c(O)c([N+](=O)[O-])cnc2cn1. The summed E-state index contributed by atoms with van der Waals surface area (Å²) in [6, 6.07) is 1.39. The molecule has 0 bridgehead atoms. The number of fused-ring (bicyclic) bond motifs is 1. The lowest BCUT2D eigenvalue weighted by atomic mass is 10.2. The Morgan fingerprint density at radius 3 is 2.81 bits per heavy atom. The first kappa shape index (κ1) is 10.1. The van der Waals surface area contributed by atoms with Gasteiger partial charge in [-0.25, -0.2) is 9.97 Å². The van der Waals surface area contributed by atoms with Crippen LogP contribution < -0.4 is 4.74 Å². The van der Waals surface area contributed by atoms with Crippen molar-refractivity contribution in [1.29, 1.82) is 0 Å². The predicted octanol–water partition coefficient (Wildman–Crippen LogP) is 1.25. The van der Waals surface area contributed by atoms with Gasteiger partial charge in [0.25, 0.3) is 0 Å². The summed E-state index contributed by atoms with van der Waals surface area (Å²) in [6.07, 6.45) is 2.36. The first-order chi connectivity index (χ1) is 7.63. The van der Waals surface area contributed by atoms with E-state index in [1.165, 1.54) is 19.4 Å². The Kier molecular flexibility index (Phi) is 2.28. The highest BCUT2D eigenvalue weighted by molar-refractivity contribution is 5.88. The second-order valence-corrected chi connectivity index (χ2v) is 2.99. The lowest BCUT2D eigenvalue weighted by Gasteiger charge is -2.02. The number of nitrogens with zero attached hydrogens (tertiary/aromatic N) is 3. The van der Waals surface area contributed by atoms with Gasteiger partial charge in [-0.3, -0.25) is 10.1 Å². The van der Waals surface area contributed by atoms with Gasteiger partial charge in [0.15, 0.2) is 0 Å². The van der Waals surface area contributed by atoms with E-state index < -0.39 is 16.4 Å². The molecule has 7 nitrogen and oxygen atoms in total. The van der Waals surface area contributed by atoms with Gasteiger partial charge in [-0.15, -0.1) is 0 Å². The molecule has 0 saturated carbocycles. The zero-order valence-corrected chi connectivity index (χ0v) is 8.25. The van der Waals surface area contributed by atoms with Gasteiger partial charge in [0, 0.05) is 6.07 Å². The molecule has 7 heteroatoms. The summed E-state index contributed by atoms with van der Waals surface area (Å²) in [5.41, 5.74) is -0.0790. The van der Waals surface area contributed by atoms with Crippen molar-refractivity contribution in [3.63, 3.8) is 0 Å². The highest BCUT2D eigenvalue weighted by Gasteiger charge is 2.17. The highest BCUT2D eigenvalue weighted by atomic mass is 16.6. The summed E-state index contributed by atoms with van der Waals surface area (Å²) in [6.45, 7) is 0. The van der Waals surface area contributed by atoms with Crippen LogP contribution >= 0.6 is 0 Å². The topological polar surface area (TPSA) is 98.4 Å². The summed E-state index contributed by atoms with van der Waals surface area (Å²) in [5, 5.41) is 20.5. The van der Waals surface area contributed by atoms with E-state index in [2.05, 4.69) is 9.97 Å². The number of methoxy groups -OCH3 is 1. The Hall–Kier alpha value is -2.44. The second kappa shape index (κ2) is 3.61. The van der Waals surface area contributed by atoms with Crippen molar-refractivity contribution in [2.45, 2.75) is 0 Å². The van der Waals surface area contributed by atoms with Gasteiger partial charge in [-0.1, -0.05) is 0 Å². The fourth-order valence-electron chi connectivity index (χ4n) is 1.30. The minimum absolute atomic E-state index is 0.237. The van der Waals surface area contributed by atoms with Gasteiger partial charge in [0.05, 0.1) is 29.1 Å². The molecule has 0 atom stereocenters. The Bertz CT molecular complexity index is 570. The standard InChI is InChI=1S/C9H7N3O4/c1-16-8-2-5-6(3-11-8)10-4-7(9(5)13)12(14)15/h2-4H,1H3,(H,10,13). The lowest BCUT2D eigenvalue weighted by Crippen LogP contribution is -1.93. The van der Waals surface area contributed by atoms with Crippen LogP contribution in [0.4, 0.5) is 5.69 Å². The number of rotatable bonds is 2. The maximum absolute atomic E-state index is 10.6. The molecule has 2 aromatic heterocycles. The van der Waals surface area contributed by atoms with Crippen LogP contribution in [0.1, 0.15) is 0 Å².